The van der Waals surface area contributed by atoms with Crippen molar-refractivity contribution in [3.63, 3.8) is 0 Å². The molecule has 1 aromatic heterocycles. The fourth-order valence-corrected chi connectivity index (χ4v) is 5.72. The Morgan fingerprint density at radius 1 is 0.868 bits per heavy atom. The summed E-state index contributed by atoms with van der Waals surface area (Å²) in [4.78, 5) is 39.7. The number of urea groups is 1. The first-order chi connectivity index (χ1) is 18.6. The highest BCUT2D eigenvalue weighted by atomic mass is 16.2. The van der Waals surface area contributed by atoms with Crippen molar-refractivity contribution < 1.29 is 9.59 Å². The second-order valence-corrected chi connectivity index (χ2v) is 9.94. The summed E-state index contributed by atoms with van der Waals surface area (Å²) in [7, 11) is 0. The van der Waals surface area contributed by atoms with Crippen LogP contribution in [-0.2, 0) is 4.79 Å². The second kappa shape index (κ2) is 9.89. The van der Waals surface area contributed by atoms with Gasteiger partial charge in [-0.2, -0.15) is 0 Å². The number of amides is 3. The van der Waals surface area contributed by atoms with Gasteiger partial charge >= 0.3 is 6.03 Å². The van der Waals surface area contributed by atoms with Crippen LogP contribution in [0.1, 0.15) is 26.7 Å². The Bertz CT molecular complexity index is 1690. The van der Waals surface area contributed by atoms with Gasteiger partial charge in [0.05, 0.1) is 28.0 Å². The molecule has 3 amide bonds. The average Bonchev–Trinajstić information content (AvgIpc) is 2.97. The van der Waals surface area contributed by atoms with Crippen LogP contribution in [0.4, 0.5) is 10.5 Å². The molecule has 0 unspecified atom stereocenters. The minimum absolute atomic E-state index is 0.139. The molecule has 192 valence electrons. The molecule has 1 atom stereocenters. The number of hydrogen-bond donors (Lipinski definition) is 1. The molecule has 0 spiro atoms. The predicted octanol–water partition coefficient (Wildman–Crippen LogP) is 6.20. The van der Waals surface area contributed by atoms with Gasteiger partial charge in [0.15, 0.2) is 0 Å². The quantitative estimate of drug-likeness (QED) is 0.233. The van der Waals surface area contributed by atoms with Crippen LogP contribution in [0.25, 0.3) is 43.6 Å². The maximum absolute atomic E-state index is 13.2. The van der Waals surface area contributed by atoms with Gasteiger partial charge in [0.1, 0.15) is 0 Å². The summed E-state index contributed by atoms with van der Waals surface area (Å²) in [5, 5.41) is 7.47. The number of aromatic nitrogens is 2. The van der Waals surface area contributed by atoms with Gasteiger partial charge in [-0.1, -0.05) is 48.5 Å². The van der Waals surface area contributed by atoms with E-state index in [9.17, 15) is 9.59 Å². The lowest BCUT2D eigenvalue weighted by Crippen LogP contribution is -2.47. The zero-order valence-electron chi connectivity index (χ0n) is 21.8. The molecule has 1 N–H and O–H groups in total. The first-order valence-electron chi connectivity index (χ1n) is 13.4. The van der Waals surface area contributed by atoms with Crippen LogP contribution >= 0.6 is 0 Å². The fraction of sp³-hybridized carbons (Fsp3) is 0.290. The highest BCUT2D eigenvalue weighted by molar-refractivity contribution is 6.23. The van der Waals surface area contributed by atoms with Crippen molar-refractivity contribution in [2.75, 3.05) is 31.5 Å². The largest absolute Gasteiger partial charge is 0.343 e. The Kier molecular flexibility index (Phi) is 6.27. The first kappa shape index (κ1) is 24.1. The molecule has 1 fully saturated rings. The van der Waals surface area contributed by atoms with Gasteiger partial charge in [-0.15, -0.1) is 0 Å². The van der Waals surface area contributed by atoms with Crippen molar-refractivity contribution >= 4 is 61.2 Å². The zero-order chi connectivity index (χ0) is 26.2. The third kappa shape index (κ3) is 4.18. The van der Waals surface area contributed by atoms with Crippen molar-refractivity contribution in [2.45, 2.75) is 26.7 Å². The molecule has 0 radical (unpaired) electrons. The Morgan fingerprint density at radius 3 is 2.11 bits per heavy atom. The van der Waals surface area contributed by atoms with E-state index in [1.165, 1.54) is 0 Å². The van der Waals surface area contributed by atoms with Gasteiger partial charge < -0.3 is 15.1 Å². The number of carbonyl (C=O) groups excluding carboxylic acids is 2. The van der Waals surface area contributed by atoms with Crippen LogP contribution in [0, 0.1) is 5.92 Å². The molecule has 4 aromatic carbocycles. The SMILES string of the molecule is CCN(CC)C(=O)[C@@H]1CCCN(C(=O)Nc2ccc3nc4c5ccccc5c5ccccc5c4nc3c2)C1. The summed E-state index contributed by atoms with van der Waals surface area (Å²) in [6, 6.07) is 22.0. The molecule has 7 nitrogen and oxygen atoms in total. The van der Waals surface area contributed by atoms with Gasteiger partial charge in [-0.3, -0.25) is 4.79 Å². The minimum Gasteiger partial charge on any atom is -0.343 e. The molecular formula is C31H31N5O2. The highest BCUT2D eigenvalue weighted by Crippen LogP contribution is 2.34. The lowest BCUT2D eigenvalue weighted by Gasteiger charge is -2.34. The van der Waals surface area contributed by atoms with E-state index in [0.717, 1.165) is 56.5 Å². The zero-order valence-corrected chi connectivity index (χ0v) is 21.8. The number of benzene rings is 4. The standard InChI is InChI=1S/C31H31N5O2/c1-3-35(4-2)30(37)20-10-9-17-36(19-20)31(38)32-21-15-16-26-27(18-21)34-29-25-14-8-6-12-23(25)22-11-5-7-13-24(22)28(29)33-26/h5-8,11-16,18,20H,3-4,9-10,17,19H2,1-2H3,(H,32,38)/t20-/m1/s1. The molecular weight excluding hydrogens is 474 g/mol. The number of rotatable bonds is 4. The molecule has 38 heavy (non-hydrogen) atoms. The van der Waals surface area contributed by atoms with E-state index >= 15 is 0 Å². The van der Waals surface area contributed by atoms with Crippen LogP contribution < -0.4 is 5.32 Å². The summed E-state index contributed by atoms with van der Waals surface area (Å²) in [5.74, 6) is -0.00792. The smallest absolute Gasteiger partial charge is 0.321 e. The van der Waals surface area contributed by atoms with E-state index in [2.05, 4.69) is 29.6 Å². The molecule has 1 aliphatic rings. The summed E-state index contributed by atoms with van der Waals surface area (Å²) >= 11 is 0. The molecule has 0 aliphatic carbocycles. The van der Waals surface area contributed by atoms with E-state index in [0.29, 0.717) is 31.9 Å². The van der Waals surface area contributed by atoms with E-state index in [4.69, 9.17) is 9.97 Å². The Morgan fingerprint density at radius 2 is 1.47 bits per heavy atom. The van der Waals surface area contributed by atoms with Crippen molar-refractivity contribution in [1.29, 1.82) is 0 Å². The summed E-state index contributed by atoms with van der Waals surface area (Å²) in [5.41, 5.74) is 3.89. The summed E-state index contributed by atoms with van der Waals surface area (Å²) in [6.45, 7) is 6.45. The maximum Gasteiger partial charge on any atom is 0.321 e. The van der Waals surface area contributed by atoms with Gasteiger partial charge in [-0.25, -0.2) is 14.8 Å². The Balaban J connectivity index is 1.32. The molecule has 2 heterocycles. The highest BCUT2D eigenvalue weighted by Gasteiger charge is 2.30. The fourth-order valence-electron chi connectivity index (χ4n) is 5.72. The molecule has 1 saturated heterocycles. The maximum atomic E-state index is 13.2. The number of nitrogens with one attached hydrogen (secondary N) is 1. The number of hydrogen-bond acceptors (Lipinski definition) is 4. The van der Waals surface area contributed by atoms with E-state index < -0.39 is 0 Å². The number of piperidine rings is 1. The van der Waals surface area contributed by atoms with E-state index in [1.807, 2.05) is 61.2 Å². The number of anilines is 1. The van der Waals surface area contributed by atoms with Crippen molar-refractivity contribution in [3.05, 3.63) is 66.7 Å². The summed E-state index contributed by atoms with van der Waals surface area (Å²) < 4.78 is 0. The van der Waals surface area contributed by atoms with Crippen molar-refractivity contribution in [3.8, 4) is 0 Å². The van der Waals surface area contributed by atoms with Crippen LogP contribution in [0.2, 0.25) is 0 Å². The predicted molar refractivity (Wildman–Crippen MR) is 153 cm³/mol. The van der Waals surface area contributed by atoms with Gasteiger partial charge in [0, 0.05) is 42.6 Å². The van der Waals surface area contributed by atoms with Gasteiger partial charge in [0.25, 0.3) is 0 Å². The third-order valence-corrected chi connectivity index (χ3v) is 7.70. The Labute approximate surface area is 221 Å². The second-order valence-electron chi connectivity index (χ2n) is 9.94. The van der Waals surface area contributed by atoms with Crippen molar-refractivity contribution in [1.82, 2.24) is 19.8 Å². The molecule has 6 rings (SSSR count). The number of fused-ring (bicyclic) bond motifs is 7. The molecule has 7 heteroatoms. The van der Waals surface area contributed by atoms with Crippen LogP contribution in [-0.4, -0.2) is 57.9 Å². The topological polar surface area (TPSA) is 78.4 Å². The van der Waals surface area contributed by atoms with E-state index in [1.54, 1.807) is 4.90 Å². The number of nitrogens with zero attached hydrogens (tertiary/aromatic N) is 4. The van der Waals surface area contributed by atoms with Crippen LogP contribution in [0.3, 0.4) is 0 Å². The van der Waals surface area contributed by atoms with Gasteiger partial charge in [0.2, 0.25) is 5.91 Å². The molecule has 0 bridgehead atoms. The lowest BCUT2D eigenvalue weighted by atomic mass is 9.96. The molecule has 5 aromatic rings. The van der Waals surface area contributed by atoms with Crippen LogP contribution in [0.5, 0.6) is 0 Å². The minimum atomic E-state index is -0.188. The Hall–Kier alpha value is -4.26. The molecule has 1 aliphatic heterocycles. The third-order valence-electron chi connectivity index (χ3n) is 7.70. The normalized spacial score (nSPS) is 15.8. The van der Waals surface area contributed by atoms with E-state index in [-0.39, 0.29) is 17.9 Å². The van der Waals surface area contributed by atoms with Gasteiger partial charge in [-0.05, 0) is 55.7 Å². The van der Waals surface area contributed by atoms with Crippen molar-refractivity contribution in [2.24, 2.45) is 5.92 Å². The molecule has 0 saturated carbocycles. The number of carbonyl (C=O) groups is 2. The number of likely N-dealkylation sites (tertiary alicyclic amines) is 1. The van der Waals surface area contributed by atoms with Crippen LogP contribution in [0.15, 0.2) is 66.7 Å². The summed E-state index contributed by atoms with van der Waals surface area (Å²) in [6.07, 6.45) is 1.64. The average molecular weight is 506 g/mol. The lowest BCUT2D eigenvalue weighted by molar-refractivity contribution is -0.136. The first-order valence-corrected chi connectivity index (χ1v) is 13.4. The monoisotopic (exact) mass is 505 g/mol.